The van der Waals surface area contributed by atoms with E-state index in [1.807, 2.05) is 36.4 Å². The number of hydrogen-bond acceptors (Lipinski definition) is 2. The molecule has 76 valence electrons. The van der Waals surface area contributed by atoms with Crippen LogP contribution in [0.15, 0.2) is 42.5 Å². The van der Waals surface area contributed by atoms with Gasteiger partial charge in [0, 0.05) is 5.56 Å². The Morgan fingerprint density at radius 1 is 1.07 bits per heavy atom. The standard InChI is InChI=1S/C12H10ClNO/c1-15-12-10(7-8-11(13)14-12)9-5-3-2-4-6-9/h2-8H,1H3. The van der Waals surface area contributed by atoms with E-state index in [9.17, 15) is 0 Å². The van der Waals surface area contributed by atoms with Gasteiger partial charge in [0.2, 0.25) is 5.88 Å². The van der Waals surface area contributed by atoms with Crippen molar-refractivity contribution in [2.24, 2.45) is 0 Å². The molecule has 0 spiro atoms. The van der Waals surface area contributed by atoms with Crippen LogP contribution in [0, 0.1) is 0 Å². The highest BCUT2D eigenvalue weighted by Gasteiger charge is 2.06. The zero-order chi connectivity index (χ0) is 10.7. The average Bonchev–Trinajstić information content (AvgIpc) is 2.30. The van der Waals surface area contributed by atoms with E-state index in [1.165, 1.54) is 0 Å². The van der Waals surface area contributed by atoms with Gasteiger partial charge in [0.25, 0.3) is 0 Å². The van der Waals surface area contributed by atoms with Crippen LogP contribution in [0.1, 0.15) is 0 Å². The molecule has 0 fully saturated rings. The van der Waals surface area contributed by atoms with Crippen LogP contribution < -0.4 is 4.74 Å². The predicted octanol–water partition coefficient (Wildman–Crippen LogP) is 3.41. The lowest BCUT2D eigenvalue weighted by molar-refractivity contribution is 0.400. The van der Waals surface area contributed by atoms with E-state index in [1.54, 1.807) is 13.2 Å². The first kappa shape index (κ1) is 9.99. The molecule has 3 heteroatoms. The lowest BCUT2D eigenvalue weighted by Crippen LogP contribution is -1.91. The number of methoxy groups -OCH3 is 1. The molecular formula is C12H10ClNO. The molecule has 0 atom stereocenters. The van der Waals surface area contributed by atoms with Gasteiger partial charge in [-0.1, -0.05) is 41.9 Å². The number of benzene rings is 1. The lowest BCUT2D eigenvalue weighted by Gasteiger charge is -2.07. The van der Waals surface area contributed by atoms with Gasteiger partial charge in [0.15, 0.2) is 0 Å². The maximum atomic E-state index is 5.79. The van der Waals surface area contributed by atoms with E-state index in [0.29, 0.717) is 11.0 Å². The second-order valence-corrected chi connectivity index (χ2v) is 3.44. The Morgan fingerprint density at radius 3 is 2.47 bits per heavy atom. The summed E-state index contributed by atoms with van der Waals surface area (Å²) in [5.74, 6) is 0.550. The minimum absolute atomic E-state index is 0.437. The summed E-state index contributed by atoms with van der Waals surface area (Å²) in [7, 11) is 1.59. The number of ether oxygens (including phenoxy) is 1. The minimum atomic E-state index is 0.437. The van der Waals surface area contributed by atoms with Crippen LogP contribution in [0.25, 0.3) is 11.1 Å². The maximum Gasteiger partial charge on any atom is 0.222 e. The first-order valence-corrected chi connectivity index (χ1v) is 4.95. The fourth-order valence-electron chi connectivity index (χ4n) is 1.41. The number of hydrogen-bond donors (Lipinski definition) is 0. The van der Waals surface area contributed by atoms with Crippen molar-refractivity contribution in [2.45, 2.75) is 0 Å². The Kier molecular flexibility index (Phi) is 2.88. The van der Waals surface area contributed by atoms with E-state index >= 15 is 0 Å². The van der Waals surface area contributed by atoms with E-state index in [4.69, 9.17) is 16.3 Å². The van der Waals surface area contributed by atoms with Crippen LogP contribution in [0.3, 0.4) is 0 Å². The van der Waals surface area contributed by atoms with Gasteiger partial charge in [-0.25, -0.2) is 4.98 Å². The molecule has 2 aromatic rings. The Labute approximate surface area is 93.5 Å². The van der Waals surface area contributed by atoms with Crippen molar-refractivity contribution in [3.05, 3.63) is 47.6 Å². The summed E-state index contributed by atoms with van der Waals surface area (Å²) in [5, 5.41) is 0.437. The van der Waals surface area contributed by atoms with Crippen molar-refractivity contribution in [1.29, 1.82) is 0 Å². The van der Waals surface area contributed by atoms with Gasteiger partial charge in [-0.2, -0.15) is 0 Å². The number of nitrogens with zero attached hydrogens (tertiary/aromatic N) is 1. The number of rotatable bonds is 2. The third kappa shape index (κ3) is 2.10. The smallest absolute Gasteiger partial charge is 0.222 e. The quantitative estimate of drug-likeness (QED) is 0.723. The second-order valence-electron chi connectivity index (χ2n) is 3.06. The zero-order valence-electron chi connectivity index (χ0n) is 8.27. The second kappa shape index (κ2) is 4.32. The molecule has 0 aliphatic rings. The van der Waals surface area contributed by atoms with Crippen LogP contribution in [-0.2, 0) is 0 Å². The Balaban J connectivity index is 2.53. The van der Waals surface area contributed by atoms with Gasteiger partial charge in [-0.3, -0.25) is 0 Å². The van der Waals surface area contributed by atoms with Crippen LogP contribution in [0.2, 0.25) is 5.15 Å². The van der Waals surface area contributed by atoms with E-state index in [-0.39, 0.29) is 0 Å². The summed E-state index contributed by atoms with van der Waals surface area (Å²) in [6.07, 6.45) is 0. The van der Waals surface area contributed by atoms with E-state index < -0.39 is 0 Å². The van der Waals surface area contributed by atoms with Crippen LogP contribution >= 0.6 is 11.6 Å². The van der Waals surface area contributed by atoms with Crippen LogP contribution in [0.5, 0.6) is 5.88 Å². The van der Waals surface area contributed by atoms with Crippen molar-refractivity contribution in [1.82, 2.24) is 4.98 Å². The summed E-state index contributed by atoms with van der Waals surface area (Å²) >= 11 is 5.79. The monoisotopic (exact) mass is 219 g/mol. The first-order chi connectivity index (χ1) is 7.31. The van der Waals surface area contributed by atoms with Crippen LogP contribution in [-0.4, -0.2) is 12.1 Å². The molecule has 2 rings (SSSR count). The molecule has 0 aliphatic carbocycles. The van der Waals surface area contributed by atoms with Gasteiger partial charge >= 0.3 is 0 Å². The normalized spacial score (nSPS) is 10.0. The molecule has 1 aromatic carbocycles. The average molecular weight is 220 g/mol. The highest BCUT2D eigenvalue weighted by atomic mass is 35.5. The van der Waals surface area contributed by atoms with Gasteiger partial charge in [0.05, 0.1) is 7.11 Å². The fourth-order valence-corrected chi connectivity index (χ4v) is 1.55. The lowest BCUT2D eigenvalue weighted by atomic mass is 10.1. The summed E-state index contributed by atoms with van der Waals surface area (Å²) in [6, 6.07) is 13.6. The molecule has 1 heterocycles. The minimum Gasteiger partial charge on any atom is -0.481 e. The first-order valence-electron chi connectivity index (χ1n) is 4.57. The highest BCUT2D eigenvalue weighted by Crippen LogP contribution is 2.28. The number of pyridine rings is 1. The maximum absolute atomic E-state index is 5.79. The molecule has 0 unspecified atom stereocenters. The molecule has 0 N–H and O–H groups in total. The molecular weight excluding hydrogens is 210 g/mol. The Morgan fingerprint density at radius 2 is 1.80 bits per heavy atom. The third-order valence-electron chi connectivity index (χ3n) is 2.10. The van der Waals surface area contributed by atoms with Crippen LogP contribution in [0.4, 0.5) is 0 Å². The predicted molar refractivity (Wildman–Crippen MR) is 61.2 cm³/mol. The molecule has 0 bridgehead atoms. The molecule has 0 aliphatic heterocycles. The Hall–Kier alpha value is -1.54. The topological polar surface area (TPSA) is 22.1 Å². The van der Waals surface area contributed by atoms with Crippen molar-refractivity contribution >= 4 is 11.6 Å². The van der Waals surface area contributed by atoms with Crippen molar-refractivity contribution in [3.8, 4) is 17.0 Å². The number of aromatic nitrogens is 1. The molecule has 1 aromatic heterocycles. The fraction of sp³-hybridized carbons (Fsp3) is 0.0833. The summed E-state index contributed by atoms with van der Waals surface area (Å²) in [5.41, 5.74) is 2.01. The molecule has 0 saturated carbocycles. The third-order valence-corrected chi connectivity index (χ3v) is 2.31. The highest BCUT2D eigenvalue weighted by molar-refractivity contribution is 6.29. The SMILES string of the molecule is COc1nc(Cl)ccc1-c1ccccc1. The van der Waals surface area contributed by atoms with Gasteiger partial charge in [0.1, 0.15) is 5.15 Å². The summed E-state index contributed by atoms with van der Waals surface area (Å²) in [4.78, 5) is 4.11. The number of halogens is 1. The molecule has 0 amide bonds. The van der Waals surface area contributed by atoms with Crippen molar-refractivity contribution < 1.29 is 4.74 Å². The molecule has 0 radical (unpaired) electrons. The van der Waals surface area contributed by atoms with Crippen molar-refractivity contribution in [3.63, 3.8) is 0 Å². The molecule has 2 nitrogen and oxygen atoms in total. The van der Waals surface area contributed by atoms with E-state index in [0.717, 1.165) is 11.1 Å². The largest absolute Gasteiger partial charge is 0.481 e. The molecule has 15 heavy (non-hydrogen) atoms. The van der Waals surface area contributed by atoms with Gasteiger partial charge in [-0.15, -0.1) is 0 Å². The Bertz CT molecular complexity index is 456. The van der Waals surface area contributed by atoms with Gasteiger partial charge < -0.3 is 4.74 Å². The summed E-state index contributed by atoms with van der Waals surface area (Å²) < 4.78 is 5.19. The zero-order valence-corrected chi connectivity index (χ0v) is 9.03. The van der Waals surface area contributed by atoms with Gasteiger partial charge in [-0.05, 0) is 17.7 Å². The summed E-state index contributed by atoms with van der Waals surface area (Å²) in [6.45, 7) is 0. The van der Waals surface area contributed by atoms with Crippen molar-refractivity contribution in [2.75, 3.05) is 7.11 Å². The van der Waals surface area contributed by atoms with E-state index in [2.05, 4.69) is 4.98 Å². The molecule has 0 saturated heterocycles.